The molecular formula is C22H26IN7O3S. The number of nitrogens with zero attached hydrogens (tertiary/aromatic N) is 7. The largest absolute Gasteiger partial charge is 0.487 e. The van der Waals surface area contributed by atoms with Crippen LogP contribution in [0.15, 0.2) is 18.2 Å². The number of fused-ring (bicyclic) bond motifs is 1. The van der Waals surface area contributed by atoms with Crippen molar-refractivity contribution in [2.24, 2.45) is 5.41 Å². The molecule has 1 N–H and O–H groups in total. The normalized spacial score (nSPS) is 18.4. The van der Waals surface area contributed by atoms with Gasteiger partial charge in [-0.3, -0.25) is 0 Å². The van der Waals surface area contributed by atoms with Gasteiger partial charge in [0, 0.05) is 35.1 Å². The summed E-state index contributed by atoms with van der Waals surface area (Å²) in [6.07, 6.45) is 3.92. The average Bonchev–Trinajstić information content (AvgIpc) is 3.43. The van der Waals surface area contributed by atoms with Gasteiger partial charge in [0.1, 0.15) is 11.4 Å². The quantitative estimate of drug-likeness (QED) is 0.449. The zero-order valence-corrected chi connectivity index (χ0v) is 22.2. The van der Waals surface area contributed by atoms with E-state index >= 15 is 0 Å². The van der Waals surface area contributed by atoms with Crippen LogP contribution in [0.4, 0.5) is 5.13 Å². The number of halogens is 1. The van der Waals surface area contributed by atoms with Gasteiger partial charge in [-0.1, -0.05) is 38.2 Å². The summed E-state index contributed by atoms with van der Waals surface area (Å²) in [6, 6.07) is 5.34. The van der Waals surface area contributed by atoms with E-state index < -0.39 is 17.4 Å². The van der Waals surface area contributed by atoms with Crippen molar-refractivity contribution < 1.29 is 14.6 Å². The Morgan fingerprint density at radius 2 is 1.97 bits per heavy atom. The molecule has 1 aromatic carbocycles. The van der Waals surface area contributed by atoms with E-state index in [4.69, 9.17) is 4.74 Å². The molecule has 12 heteroatoms. The van der Waals surface area contributed by atoms with Gasteiger partial charge in [0.15, 0.2) is 11.0 Å². The van der Waals surface area contributed by atoms with E-state index in [9.17, 15) is 9.90 Å². The maximum Gasteiger partial charge on any atom is 0.331 e. The number of carboxylic acid groups (broad SMARTS) is 1. The second kappa shape index (κ2) is 8.70. The molecule has 0 bridgehead atoms. The third kappa shape index (κ3) is 4.37. The molecule has 180 valence electrons. The van der Waals surface area contributed by atoms with E-state index in [1.54, 1.807) is 0 Å². The second-order valence-corrected chi connectivity index (χ2v) is 12.0. The molecule has 2 aliphatic rings. The van der Waals surface area contributed by atoms with Crippen LogP contribution in [0.2, 0.25) is 0 Å². The Hall–Kier alpha value is -2.35. The number of ether oxygens (including phenoxy) is 1. The second-order valence-electron chi connectivity index (χ2n) is 9.92. The fraction of sp³-hybridized carbons (Fsp3) is 0.545. The van der Waals surface area contributed by atoms with Gasteiger partial charge in [-0.25, -0.2) is 4.79 Å². The van der Waals surface area contributed by atoms with Crippen molar-refractivity contribution in [3.05, 3.63) is 27.3 Å². The van der Waals surface area contributed by atoms with Gasteiger partial charge in [0.05, 0.1) is 0 Å². The summed E-state index contributed by atoms with van der Waals surface area (Å²) < 4.78 is 7.80. The van der Waals surface area contributed by atoms with Crippen LogP contribution in [0.25, 0.3) is 10.8 Å². The number of aromatic nitrogens is 6. The molecule has 1 fully saturated rings. The predicted octanol–water partition coefficient (Wildman–Crippen LogP) is 3.83. The SMILES string of the molecule is CC(C)(C)C(C(=O)O)n1nnc(-c2nnc(N3CCC4(CCc5c(I)cccc5O4)CC3)s2)n1. The molecule has 0 saturated carbocycles. The molecule has 1 unspecified atom stereocenters. The van der Waals surface area contributed by atoms with Crippen molar-refractivity contribution in [3.63, 3.8) is 0 Å². The van der Waals surface area contributed by atoms with Crippen molar-refractivity contribution in [3.8, 4) is 16.6 Å². The first-order valence-electron chi connectivity index (χ1n) is 11.2. The molecule has 2 aliphatic heterocycles. The summed E-state index contributed by atoms with van der Waals surface area (Å²) in [7, 11) is 0. The van der Waals surface area contributed by atoms with Crippen molar-refractivity contribution >= 4 is 45.0 Å². The third-order valence-corrected chi connectivity index (χ3v) is 8.49. The Bertz CT molecular complexity index is 1210. The molecule has 4 heterocycles. The Morgan fingerprint density at radius 3 is 2.68 bits per heavy atom. The summed E-state index contributed by atoms with van der Waals surface area (Å²) in [5, 5.41) is 31.9. The molecule has 3 aromatic rings. The highest BCUT2D eigenvalue weighted by atomic mass is 127. The topological polar surface area (TPSA) is 119 Å². The maximum atomic E-state index is 11.7. The van der Waals surface area contributed by atoms with E-state index in [0.717, 1.165) is 54.5 Å². The third-order valence-electron chi connectivity index (χ3n) is 6.50. The first-order chi connectivity index (χ1) is 16.2. The number of hydrogen-bond acceptors (Lipinski definition) is 9. The highest BCUT2D eigenvalue weighted by Gasteiger charge is 2.41. The molecular weight excluding hydrogens is 569 g/mol. The molecule has 0 amide bonds. The molecule has 0 radical (unpaired) electrons. The van der Waals surface area contributed by atoms with Gasteiger partial charge in [0.25, 0.3) is 0 Å². The fourth-order valence-electron chi connectivity index (χ4n) is 4.64. The van der Waals surface area contributed by atoms with Gasteiger partial charge in [-0.2, -0.15) is 0 Å². The number of aliphatic carboxylic acids is 1. The van der Waals surface area contributed by atoms with Gasteiger partial charge >= 0.3 is 5.97 Å². The van der Waals surface area contributed by atoms with Crippen LogP contribution in [0.3, 0.4) is 0 Å². The van der Waals surface area contributed by atoms with Gasteiger partial charge < -0.3 is 14.7 Å². The minimum absolute atomic E-state index is 0.121. The zero-order chi connectivity index (χ0) is 24.1. The van der Waals surface area contributed by atoms with Crippen LogP contribution in [-0.4, -0.2) is 60.2 Å². The summed E-state index contributed by atoms with van der Waals surface area (Å²) in [6.45, 7) is 7.15. The first kappa shape index (κ1) is 23.4. The van der Waals surface area contributed by atoms with Gasteiger partial charge in [-0.05, 0) is 58.2 Å². The number of benzene rings is 1. The number of carbonyl (C=O) groups is 1. The summed E-state index contributed by atoms with van der Waals surface area (Å²) in [4.78, 5) is 15.1. The van der Waals surface area contributed by atoms with Crippen LogP contribution < -0.4 is 9.64 Å². The van der Waals surface area contributed by atoms with Crippen molar-refractivity contribution in [2.45, 2.75) is 58.1 Å². The number of carboxylic acids is 1. The van der Waals surface area contributed by atoms with Crippen LogP contribution >= 0.6 is 33.9 Å². The lowest BCUT2D eigenvalue weighted by Crippen LogP contribution is -2.50. The summed E-state index contributed by atoms with van der Waals surface area (Å²) >= 11 is 3.78. The molecule has 0 aliphatic carbocycles. The molecule has 10 nitrogen and oxygen atoms in total. The zero-order valence-electron chi connectivity index (χ0n) is 19.2. The lowest BCUT2D eigenvalue weighted by atomic mass is 9.83. The maximum absolute atomic E-state index is 11.7. The molecule has 1 saturated heterocycles. The Labute approximate surface area is 214 Å². The Kier molecular flexibility index (Phi) is 5.99. The van der Waals surface area contributed by atoms with E-state index in [0.29, 0.717) is 5.01 Å². The molecule has 34 heavy (non-hydrogen) atoms. The van der Waals surface area contributed by atoms with Gasteiger partial charge in [-0.15, -0.1) is 25.2 Å². The monoisotopic (exact) mass is 595 g/mol. The standard InChI is InChI=1S/C22H26IN7O3S/c1-21(2,3)16(19(31)32)30-27-17(24-28-30)18-25-26-20(34-18)29-11-9-22(10-12-29)8-7-13-14(23)5-4-6-15(13)33-22/h4-6,16H,7-12H2,1-3H3,(H,31,32). The lowest BCUT2D eigenvalue weighted by Gasteiger charge is -2.44. The average molecular weight is 595 g/mol. The summed E-state index contributed by atoms with van der Waals surface area (Å²) in [5.41, 5.74) is 0.631. The van der Waals surface area contributed by atoms with Crippen LogP contribution in [0.1, 0.15) is 51.6 Å². The van der Waals surface area contributed by atoms with Crippen molar-refractivity contribution in [1.82, 2.24) is 30.4 Å². The Morgan fingerprint density at radius 1 is 1.21 bits per heavy atom. The van der Waals surface area contributed by atoms with Crippen LogP contribution in [-0.2, 0) is 11.2 Å². The smallest absolute Gasteiger partial charge is 0.331 e. The number of rotatable bonds is 4. The molecule has 1 spiro atoms. The van der Waals surface area contributed by atoms with E-state index in [2.05, 4.69) is 71.3 Å². The molecule has 2 aromatic heterocycles. The highest BCUT2D eigenvalue weighted by molar-refractivity contribution is 14.1. The van der Waals surface area contributed by atoms with E-state index in [-0.39, 0.29) is 11.4 Å². The van der Waals surface area contributed by atoms with E-state index in [1.807, 2.05) is 20.8 Å². The predicted molar refractivity (Wildman–Crippen MR) is 135 cm³/mol. The minimum Gasteiger partial charge on any atom is -0.487 e. The molecule has 5 rings (SSSR count). The van der Waals surface area contributed by atoms with E-state index in [1.165, 1.54) is 20.5 Å². The van der Waals surface area contributed by atoms with Crippen molar-refractivity contribution in [1.29, 1.82) is 0 Å². The number of piperidine rings is 1. The minimum atomic E-state index is -1.00. The number of hydrogen-bond donors (Lipinski definition) is 1. The van der Waals surface area contributed by atoms with Crippen molar-refractivity contribution in [2.75, 3.05) is 18.0 Å². The number of anilines is 1. The van der Waals surface area contributed by atoms with Gasteiger partial charge in [0.2, 0.25) is 11.0 Å². The first-order valence-corrected chi connectivity index (χ1v) is 13.1. The molecule has 1 atom stereocenters. The Balaban J connectivity index is 1.27. The summed E-state index contributed by atoms with van der Waals surface area (Å²) in [5.74, 6) is 0.308. The highest BCUT2D eigenvalue weighted by Crippen LogP contribution is 2.42. The van der Waals surface area contributed by atoms with Crippen LogP contribution in [0, 0.1) is 8.99 Å². The lowest BCUT2D eigenvalue weighted by molar-refractivity contribution is -0.145. The number of tetrazole rings is 1. The van der Waals surface area contributed by atoms with Crippen LogP contribution in [0.5, 0.6) is 5.75 Å². The fourth-order valence-corrected chi connectivity index (χ4v) is 6.21.